The number of aromatic amines is 1. The minimum absolute atomic E-state index is 0.0851. The fourth-order valence-electron chi connectivity index (χ4n) is 3.00. The Hall–Kier alpha value is -2.64. The second-order valence-electron chi connectivity index (χ2n) is 6.25. The van der Waals surface area contributed by atoms with E-state index >= 15 is 0 Å². The maximum Gasteiger partial charge on any atom is 0.326 e. The van der Waals surface area contributed by atoms with Crippen molar-refractivity contribution in [3.05, 3.63) is 36.0 Å². The van der Waals surface area contributed by atoms with E-state index in [1.807, 2.05) is 24.3 Å². The molecule has 1 aliphatic rings. The Morgan fingerprint density at radius 2 is 1.96 bits per heavy atom. The third-order valence-electron chi connectivity index (χ3n) is 4.48. The number of amides is 2. The molecule has 6 nitrogen and oxygen atoms in total. The number of carboxylic acid groups (broad SMARTS) is 1. The number of hydrogen-bond donors (Lipinski definition) is 3. The van der Waals surface area contributed by atoms with Gasteiger partial charge in [-0.05, 0) is 11.6 Å². The lowest BCUT2D eigenvalue weighted by atomic mass is 10.0. The Morgan fingerprint density at radius 1 is 1.28 bits per heavy atom. The predicted molar refractivity (Wildman–Crippen MR) is 87.7 cm³/mol. The van der Waals surface area contributed by atoms with E-state index in [-0.39, 0.29) is 19.5 Å². The Morgan fingerprint density at radius 3 is 2.64 bits per heavy atom. The van der Waals surface area contributed by atoms with Crippen molar-refractivity contribution in [3.8, 4) is 0 Å². The van der Waals surface area contributed by atoms with Crippen LogP contribution in [0.25, 0.3) is 10.9 Å². The summed E-state index contributed by atoms with van der Waals surface area (Å²) < 4.78 is 26.4. The summed E-state index contributed by atoms with van der Waals surface area (Å²) in [5.74, 6) is -3.92. The number of likely N-dealkylation sites (tertiary alicyclic amines) is 1. The number of hydrogen-bond acceptors (Lipinski definition) is 2. The minimum Gasteiger partial charge on any atom is -0.480 e. The molecule has 2 amide bonds. The number of urea groups is 1. The first-order chi connectivity index (χ1) is 11.9. The van der Waals surface area contributed by atoms with E-state index in [2.05, 4.69) is 10.3 Å². The number of benzene rings is 1. The van der Waals surface area contributed by atoms with Crippen LogP contribution in [0.3, 0.4) is 0 Å². The smallest absolute Gasteiger partial charge is 0.326 e. The van der Waals surface area contributed by atoms with E-state index in [1.54, 1.807) is 6.20 Å². The Bertz CT molecular complexity index is 780. The van der Waals surface area contributed by atoms with Crippen molar-refractivity contribution in [2.24, 2.45) is 0 Å². The van der Waals surface area contributed by atoms with E-state index in [0.29, 0.717) is 0 Å². The van der Waals surface area contributed by atoms with E-state index in [1.165, 1.54) is 4.90 Å². The number of nitrogens with zero attached hydrogens (tertiary/aromatic N) is 1. The maximum absolute atomic E-state index is 13.2. The maximum atomic E-state index is 13.2. The number of carbonyl (C=O) groups excluding carboxylic acids is 1. The van der Waals surface area contributed by atoms with Crippen molar-refractivity contribution in [1.29, 1.82) is 0 Å². The molecule has 1 fully saturated rings. The number of carboxylic acids is 1. The van der Waals surface area contributed by atoms with Gasteiger partial charge < -0.3 is 20.3 Å². The molecule has 0 unspecified atom stereocenters. The molecule has 3 N–H and O–H groups in total. The normalized spacial score (nSPS) is 18.1. The molecule has 2 aromatic rings. The van der Waals surface area contributed by atoms with Crippen LogP contribution >= 0.6 is 0 Å². The van der Waals surface area contributed by atoms with Crippen molar-refractivity contribution < 1.29 is 23.5 Å². The summed E-state index contributed by atoms with van der Waals surface area (Å²) in [6.45, 7) is -0.170. The van der Waals surface area contributed by atoms with E-state index in [4.69, 9.17) is 0 Å². The van der Waals surface area contributed by atoms with Gasteiger partial charge in [-0.2, -0.15) is 0 Å². The van der Waals surface area contributed by atoms with E-state index < -0.39 is 36.8 Å². The zero-order valence-electron chi connectivity index (χ0n) is 13.5. The minimum atomic E-state index is -2.76. The Kier molecular flexibility index (Phi) is 4.61. The van der Waals surface area contributed by atoms with Gasteiger partial charge in [-0.1, -0.05) is 18.2 Å². The third kappa shape index (κ3) is 3.89. The molecule has 0 spiro atoms. The average molecular weight is 351 g/mol. The van der Waals surface area contributed by atoms with Gasteiger partial charge in [0, 0.05) is 49.5 Å². The molecular formula is C17H19F2N3O3. The number of halogens is 2. The van der Waals surface area contributed by atoms with Gasteiger partial charge in [0.25, 0.3) is 5.92 Å². The summed E-state index contributed by atoms with van der Waals surface area (Å²) in [6.07, 6.45) is 1.02. The van der Waals surface area contributed by atoms with Gasteiger partial charge in [-0.25, -0.2) is 18.4 Å². The van der Waals surface area contributed by atoms with Crippen LogP contribution in [-0.4, -0.2) is 52.0 Å². The Labute approximate surface area is 142 Å². The van der Waals surface area contributed by atoms with Crippen LogP contribution in [0.4, 0.5) is 13.6 Å². The zero-order valence-corrected chi connectivity index (χ0v) is 13.5. The summed E-state index contributed by atoms with van der Waals surface area (Å²) in [4.78, 5) is 28.0. The van der Waals surface area contributed by atoms with Crippen LogP contribution in [0.5, 0.6) is 0 Å². The van der Waals surface area contributed by atoms with Crippen molar-refractivity contribution in [2.45, 2.75) is 31.2 Å². The van der Waals surface area contributed by atoms with Crippen molar-refractivity contribution >= 4 is 22.9 Å². The number of fused-ring (bicyclic) bond motifs is 1. The zero-order chi connectivity index (χ0) is 18.0. The standard InChI is InChI=1S/C17H19F2N3O3/c18-17(19)5-7-22(8-6-17)16(25)21-14(15(23)24)9-11-10-20-13-4-2-1-3-12(11)13/h1-4,10,14,20H,5-9H2,(H,21,25)(H,23,24)/t14-/m0/s1. The molecule has 3 rings (SSSR count). The monoisotopic (exact) mass is 351 g/mol. The molecule has 0 bridgehead atoms. The highest BCUT2D eigenvalue weighted by atomic mass is 19.3. The topological polar surface area (TPSA) is 85.4 Å². The van der Waals surface area contributed by atoms with Crippen molar-refractivity contribution in [2.75, 3.05) is 13.1 Å². The van der Waals surface area contributed by atoms with Crippen LogP contribution in [0, 0.1) is 0 Å². The van der Waals surface area contributed by atoms with Gasteiger partial charge in [-0.15, -0.1) is 0 Å². The molecule has 0 radical (unpaired) electrons. The molecule has 8 heteroatoms. The first-order valence-electron chi connectivity index (χ1n) is 8.07. The fraction of sp³-hybridized carbons (Fsp3) is 0.412. The van der Waals surface area contributed by atoms with Gasteiger partial charge in [0.15, 0.2) is 0 Å². The van der Waals surface area contributed by atoms with Crippen LogP contribution < -0.4 is 5.32 Å². The van der Waals surface area contributed by atoms with E-state index in [0.717, 1.165) is 16.5 Å². The van der Waals surface area contributed by atoms with Gasteiger partial charge >= 0.3 is 12.0 Å². The van der Waals surface area contributed by atoms with Gasteiger partial charge in [-0.3, -0.25) is 0 Å². The number of H-pyrrole nitrogens is 1. The highest BCUT2D eigenvalue weighted by Gasteiger charge is 2.36. The molecule has 2 heterocycles. The highest BCUT2D eigenvalue weighted by molar-refractivity contribution is 5.86. The summed E-state index contributed by atoms with van der Waals surface area (Å²) in [5.41, 5.74) is 1.65. The molecule has 1 atom stereocenters. The number of alkyl halides is 2. The summed E-state index contributed by atoms with van der Waals surface area (Å²) in [6, 6.07) is 5.71. The molecule has 0 aliphatic carbocycles. The lowest BCUT2D eigenvalue weighted by molar-refractivity contribution is -0.139. The van der Waals surface area contributed by atoms with Crippen LogP contribution in [0.15, 0.2) is 30.5 Å². The van der Waals surface area contributed by atoms with Gasteiger partial charge in [0.1, 0.15) is 6.04 Å². The fourth-order valence-corrected chi connectivity index (χ4v) is 3.00. The molecule has 1 aliphatic heterocycles. The van der Waals surface area contributed by atoms with E-state index in [9.17, 15) is 23.5 Å². The number of rotatable bonds is 4. The molecule has 0 saturated carbocycles. The number of aromatic nitrogens is 1. The number of piperidine rings is 1. The molecule has 25 heavy (non-hydrogen) atoms. The Balaban J connectivity index is 1.67. The van der Waals surface area contributed by atoms with Gasteiger partial charge in [0.05, 0.1) is 0 Å². The highest BCUT2D eigenvalue weighted by Crippen LogP contribution is 2.27. The van der Waals surface area contributed by atoms with Gasteiger partial charge in [0.2, 0.25) is 0 Å². The molecule has 1 saturated heterocycles. The SMILES string of the molecule is O=C(O)[C@H](Cc1c[nH]c2ccccc12)NC(=O)N1CCC(F)(F)CC1. The summed E-state index contributed by atoms with van der Waals surface area (Å²) >= 11 is 0. The quantitative estimate of drug-likeness (QED) is 0.791. The number of para-hydroxylation sites is 1. The lowest BCUT2D eigenvalue weighted by Crippen LogP contribution is -2.52. The molecule has 134 valence electrons. The molecular weight excluding hydrogens is 332 g/mol. The average Bonchev–Trinajstić information content (AvgIpc) is 2.97. The predicted octanol–water partition coefficient (Wildman–Crippen LogP) is 2.60. The summed E-state index contributed by atoms with van der Waals surface area (Å²) in [5, 5.41) is 12.7. The van der Waals surface area contributed by atoms with Crippen molar-refractivity contribution in [3.63, 3.8) is 0 Å². The van der Waals surface area contributed by atoms with Crippen LogP contribution in [0.2, 0.25) is 0 Å². The second-order valence-corrected chi connectivity index (χ2v) is 6.25. The largest absolute Gasteiger partial charge is 0.480 e. The van der Waals surface area contributed by atoms with Crippen LogP contribution in [-0.2, 0) is 11.2 Å². The first kappa shape index (κ1) is 17.2. The number of aliphatic carboxylic acids is 1. The first-order valence-corrected chi connectivity index (χ1v) is 8.07. The molecule has 1 aromatic carbocycles. The number of carbonyl (C=O) groups is 2. The second kappa shape index (κ2) is 6.70. The number of nitrogens with one attached hydrogen (secondary N) is 2. The van der Waals surface area contributed by atoms with Crippen LogP contribution in [0.1, 0.15) is 18.4 Å². The third-order valence-corrected chi connectivity index (χ3v) is 4.48. The lowest BCUT2D eigenvalue weighted by Gasteiger charge is -2.32. The molecule has 1 aromatic heterocycles. The summed E-state index contributed by atoms with van der Waals surface area (Å²) in [7, 11) is 0. The van der Waals surface area contributed by atoms with Crippen molar-refractivity contribution in [1.82, 2.24) is 15.2 Å².